The summed E-state index contributed by atoms with van der Waals surface area (Å²) in [6.45, 7) is 2.64. The van der Waals surface area contributed by atoms with Crippen molar-refractivity contribution in [3.8, 4) is 0 Å². The van der Waals surface area contributed by atoms with Crippen molar-refractivity contribution in [3.05, 3.63) is 46.2 Å². The monoisotopic (exact) mass is 287 g/mol. The molecule has 3 aromatic rings. The molecule has 2 heterocycles. The van der Waals surface area contributed by atoms with Gasteiger partial charge in [-0.25, -0.2) is 14.8 Å². The van der Waals surface area contributed by atoms with E-state index >= 15 is 0 Å². The zero-order valence-corrected chi connectivity index (χ0v) is 11.7. The zero-order chi connectivity index (χ0) is 14.1. The van der Waals surface area contributed by atoms with Crippen LogP contribution in [0.15, 0.2) is 29.9 Å². The Kier molecular flexibility index (Phi) is 3.23. The minimum Gasteiger partial charge on any atom is -0.478 e. The first kappa shape index (κ1) is 12.8. The number of imidazole rings is 1. The van der Waals surface area contributed by atoms with Gasteiger partial charge in [0.2, 0.25) is 0 Å². The minimum absolute atomic E-state index is 0.287. The summed E-state index contributed by atoms with van der Waals surface area (Å²) in [5.74, 6) is -0.928. The molecule has 0 saturated heterocycles. The molecule has 102 valence electrons. The van der Waals surface area contributed by atoms with Gasteiger partial charge in [-0.1, -0.05) is 6.07 Å². The van der Waals surface area contributed by atoms with Gasteiger partial charge in [-0.05, 0) is 19.1 Å². The molecule has 0 saturated carbocycles. The van der Waals surface area contributed by atoms with Crippen LogP contribution in [0.4, 0.5) is 0 Å². The maximum atomic E-state index is 11.3. The van der Waals surface area contributed by atoms with Crippen LogP contribution in [0.2, 0.25) is 0 Å². The Balaban J connectivity index is 1.93. The molecule has 0 bridgehead atoms. The van der Waals surface area contributed by atoms with Gasteiger partial charge in [0.25, 0.3) is 0 Å². The summed E-state index contributed by atoms with van der Waals surface area (Å²) in [4.78, 5) is 20.0. The van der Waals surface area contributed by atoms with Gasteiger partial charge in [-0.2, -0.15) is 0 Å². The van der Waals surface area contributed by atoms with E-state index < -0.39 is 5.97 Å². The summed E-state index contributed by atoms with van der Waals surface area (Å²) in [6, 6.07) is 5.15. The SMILES string of the molecule is Cc1csc(CCn2cnc3cccc(C(=O)O)c32)n1. The van der Waals surface area contributed by atoms with Crippen LogP contribution in [-0.4, -0.2) is 25.6 Å². The fourth-order valence-corrected chi connectivity index (χ4v) is 2.97. The highest BCUT2D eigenvalue weighted by molar-refractivity contribution is 7.09. The number of thiazole rings is 1. The third-order valence-corrected chi connectivity index (χ3v) is 4.13. The molecular weight excluding hydrogens is 274 g/mol. The van der Waals surface area contributed by atoms with Crippen molar-refractivity contribution in [1.29, 1.82) is 0 Å². The number of nitrogens with zero attached hydrogens (tertiary/aromatic N) is 3. The lowest BCUT2D eigenvalue weighted by Crippen LogP contribution is -2.05. The number of aromatic nitrogens is 3. The van der Waals surface area contributed by atoms with Gasteiger partial charge >= 0.3 is 5.97 Å². The number of aryl methyl sites for hydroxylation is 3. The van der Waals surface area contributed by atoms with Crippen molar-refractivity contribution in [1.82, 2.24) is 14.5 Å². The number of aromatic carboxylic acids is 1. The number of hydrogen-bond acceptors (Lipinski definition) is 4. The van der Waals surface area contributed by atoms with Crippen LogP contribution in [0, 0.1) is 6.92 Å². The van der Waals surface area contributed by atoms with Crippen LogP contribution >= 0.6 is 11.3 Å². The molecule has 1 N–H and O–H groups in total. The van der Waals surface area contributed by atoms with Gasteiger partial charge in [0.1, 0.15) is 0 Å². The van der Waals surface area contributed by atoms with E-state index in [4.69, 9.17) is 0 Å². The molecule has 3 rings (SSSR count). The Labute approximate surface area is 119 Å². The third kappa shape index (κ3) is 2.30. The normalized spacial score (nSPS) is 11.1. The standard InChI is InChI=1S/C14H13N3O2S/c1-9-7-20-12(16-9)5-6-17-8-15-11-4-2-3-10(13(11)17)14(18)19/h2-4,7-8H,5-6H2,1H3,(H,18,19). The summed E-state index contributed by atoms with van der Waals surface area (Å²) in [6.07, 6.45) is 2.47. The van der Waals surface area contributed by atoms with Crippen LogP contribution in [0.5, 0.6) is 0 Å². The molecule has 5 nitrogen and oxygen atoms in total. The van der Waals surface area contributed by atoms with Gasteiger partial charge in [-0.15, -0.1) is 11.3 Å². The molecule has 0 atom stereocenters. The molecule has 0 amide bonds. The predicted molar refractivity (Wildman–Crippen MR) is 77.2 cm³/mol. The van der Waals surface area contributed by atoms with E-state index in [-0.39, 0.29) is 5.56 Å². The van der Waals surface area contributed by atoms with Crippen LogP contribution in [0.25, 0.3) is 11.0 Å². The second-order valence-electron chi connectivity index (χ2n) is 4.55. The number of fused-ring (bicyclic) bond motifs is 1. The highest BCUT2D eigenvalue weighted by Crippen LogP contribution is 2.19. The topological polar surface area (TPSA) is 68.0 Å². The van der Waals surface area contributed by atoms with Crippen LogP contribution in [0.3, 0.4) is 0 Å². The number of benzene rings is 1. The largest absolute Gasteiger partial charge is 0.478 e. The molecule has 6 heteroatoms. The predicted octanol–water partition coefficient (Wildman–Crippen LogP) is 2.74. The highest BCUT2D eigenvalue weighted by Gasteiger charge is 2.13. The lowest BCUT2D eigenvalue weighted by molar-refractivity contribution is 0.0698. The molecule has 1 aromatic carbocycles. The molecule has 0 fully saturated rings. The van der Waals surface area contributed by atoms with Gasteiger partial charge in [0, 0.05) is 24.0 Å². The average Bonchev–Trinajstić information content (AvgIpc) is 3.02. The Hall–Kier alpha value is -2.21. The maximum absolute atomic E-state index is 11.3. The van der Waals surface area contributed by atoms with Gasteiger partial charge in [-0.3, -0.25) is 0 Å². The average molecular weight is 287 g/mol. The van der Waals surface area contributed by atoms with Gasteiger partial charge in [0.15, 0.2) is 0 Å². The Morgan fingerprint density at radius 3 is 3.00 bits per heavy atom. The first-order chi connectivity index (χ1) is 9.65. The molecule has 20 heavy (non-hydrogen) atoms. The number of carbonyl (C=O) groups is 1. The van der Waals surface area contributed by atoms with E-state index in [0.717, 1.165) is 17.1 Å². The molecule has 0 aliphatic heterocycles. The van der Waals surface area contributed by atoms with E-state index in [0.29, 0.717) is 17.6 Å². The first-order valence-corrected chi connectivity index (χ1v) is 7.11. The van der Waals surface area contributed by atoms with E-state index in [1.165, 1.54) is 0 Å². The number of rotatable bonds is 4. The van der Waals surface area contributed by atoms with Gasteiger partial charge < -0.3 is 9.67 Å². The second-order valence-corrected chi connectivity index (χ2v) is 5.49. The van der Waals surface area contributed by atoms with Crippen LogP contribution < -0.4 is 0 Å². The summed E-state index contributed by atoms with van der Waals surface area (Å²) >= 11 is 1.63. The Morgan fingerprint density at radius 2 is 2.30 bits per heavy atom. The summed E-state index contributed by atoms with van der Waals surface area (Å²) in [7, 11) is 0. The molecule has 0 aliphatic carbocycles. The molecule has 0 aliphatic rings. The third-order valence-electron chi connectivity index (χ3n) is 3.10. The van der Waals surface area contributed by atoms with E-state index in [9.17, 15) is 9.90 Å². The number of para-hydroxylation sites is 1. The van der Waals surface area contributed by atoms with Crippen molar-refractivity contribution >= 4 is 28.3 Å². The second kappa shape index (κ2) is 5.05. The van der Waals surface area contributed by atoms with Crippen molar-refractivity contribution in [2.75, 3.05) is 0 Å². The number of carboxylic acids is 1. The van der Waals surface area contributed by atoms with E-state index in [1.54, 1.807) is 29.8 Å². The minimum atomic E-state index is -0.928. The highest BCUT2D eigenvalue weighted by atomic mass is 32.1. The lowest BCUT2D eigenvalue weighted by atomic mass is 10.2. The first-order valence-electron chi connectivity index (χ1n) is 6.23. The smallest absolute Gasteiger partial charge is 0.337 e. The Bertz CT molecular complexity index is 776. The maximum Gasteiger partial charge on any atom is 0.337 e. The zero-order valence-electron chi connectivity index (χ0n) is 10.9. The molecule has 0 spiro atoms. The van der Waals surface area contributed by atoms with E-state index in [1.807, 2.05) is 22.9 Å². The van der Waals surface area contributed by atoms with Crippen LogP contribution in [-0.2, 0) is 13.0 Å². The van der Waals surface area contributed by atoms with Crippen molar-refractivity contribution < 1.29 is 9.90 Å². The molecule has 0 unspecified atom stereocenters. The quantitative estimate of drug-likeness (QED) is 0.801. The molecule has 0 radical (unpaired) electrons. The lowest BCUT2D eigenvalue weighted by Gasteiger charge is -2.05. The summed E-state index contributed by atoms with van der Waals surface area (Å²) in [5, 5.41) is 12.3. The number of carboxylic acid groups (broad SMARTS) is 1. The Morgan fingerprint density at radius 1 is 1.45 bits per heavy atom. The summed E-state index contributed by atoms with van der Waals surface area (Å²) < 4.78 is 1.88. The molecule has 2 aromatic heterocycles. The van der Waals surface area contributed by atoms with E-state index in [2.05, 4.69) is 9.97 Å². The number of hydrogen-bond donors (Lipinski definition) is 1. The van der Waals surface area contributed by atoms with Crippen molar-refractivity contribution in [2.24, 2.45) is 0 Å². The van der Waals surface area contributed by atoms with Crippen LogP contribution in [0.1, 0.15) is 21.1 Å². The fourth-order valence-electron chi connectivity index (χ4n) is 2.20. The van der Waals surface area contributed by atoms with Gasteiger partial charge in [0.05, 0.1) is 27.9 Å². The van der Waals surface area contributed by atoms with Crippen molar-refractivity contribution in [3.63, 3.8) is 0 Å². The van der Waals surface area contributed by atoms with Crippen molar-refractivity contribution in [2.45, 2.75) is 19.9 Å². The summed E-state index contributed by atoms with van der Waals surface area (Å²) in [5.41, 5.74) is 2.69. The molecular formula is C14H13N3O2S. The fraction of sp³-hybridized carbons (Fsp3) is 0.214.